The van der Waals surface area contributed by atoms with E-state index < -0.39 is 0 Å². The number of nitrogens with one attached hydrogen (secondary N) is 2. The van der Waals surface area contributed by atoms with Crippen molar-refractivity contribution in [3.63, 3.8) is 0 Å². The molecule has 0 spiro atoms. The molecule has 0 aliphatic carbocycles. The highest BCUT2D eigenvalue weighted by atomic mass is 16.3. The minimum absolute atomic E-state index is 0.306. The molecule has 0 aliphatic heterocycles. The highest BCUT2D eigenvalue weighted by molar-refractivity contribution is 5.26. The molecule has 0 fully saturated rings. The second kappa shape index (κ2) is 23.6. The molecule has 3 N–H and O–H groups in total. The Morgan fingerprint density at radius 3 is 1.12 bits per heavy atom. The Kier molecular flexibility index (Phi) is 28.3. The predicted molar refractivity (Wildman–Crippen MR) is 65.2 cm³/mol. The van der Waals surface area contributed by atoms with Gasteiger partial charge >= 0.3 is 0 Å². The number of rotatable bonds is 1. The second-order valence-corrected chi connectivity index (χ2v) is 2.94. The van der Waals surface area contributed by atoms with E-state index in [4.69, 9.17) is 25.5 Å². The highest BCUT2D eigenvalue weighted by Gasteiger charge is 1.81. The van der Waals surface area contributed by atoms with Gasteiger partial charge in [-0.3, -0.25) is 0 Å². The van der Waals surface area contributed by atoms with E-state index in [2.05, 4.69) is 0 Å². The lowest BCUT2D eigenvalue weighted by Gasteiger charge is -1.90. The number of benzene rings is 1. The van der Waals surface area contributed by atoms with Crippen LogP contribution >= 0.6 is 0 Å². The van der Waals surface area contributed by atoms with Crippen molar-refractivity contribution < 1.29 is 14.7 Å². The third-order valence-electron chi connectivity index (χ3n) is 1.03. The number of hydrogen-bond acceptors (Lipinski definition) is 5. The van der Waals surface area contributed by atoms with Crippen LogP contribution in [0.15, 0.2) is 36.4 Å². The molecule has 0 heterocycles. The summed E-state index contributed by atoms with van der Waals surface area (Å²) in [4.78, 5) is 16.7. The molecule has 0 unspecified atom stereocenters. The monoisotopic (exact) mass is 238 g/mol. The third-order valence-corrected chi connectivity index (χ3v) is 1.03. The van der Waals surface area contributed by atoms with E-state index in [-0.39, 0.29) is 0 Å². The first-order chi connectivity index (χ1) is 8.10. The van der Waals surface area contributed by atoms with Gasteiger partial charge in [-0.1, -0.05) is 50.2 Å². The van der Waals surface area contributed by atoms with Crippen molar-refractivity contribution in [2.24, 2.45) is 5.92 Å². The number of hydrogen-bond donors (Lipinski definition) is 3. The van der Waals surface area contributed by atoms with Gasteiger partial charge in [-0.05, 0) is 5.92 Å². The lowest BCUT2D eigenvalue weighted by molar-refractivity contribution is 0.248. The summed E-state index contributed by atoms with van der Waals surface area (Å²) in [6, 6.07) is 12.0. The largest absolute Gasteiger partial charge is 0.396 e. The summed E-state index contributed by atoms with van der Waals surface area (Å²) in [6.07, 6.45) is 1.50. The lowest BCUT2D eigenvalue weighted by atomic mass is 10.2. The molecule has 0 aliphatic rings. The van der Waals surface area contributed by atoms with Crippen LogP contribution in [0.3, 0.4) is 0 Å². The summed E-state index contributed by atoms with van der Waals surface area (Å²) >= 11 is 0. The summed E-state index contributed by atoms with van der Waals surface area (Å²) in [6.45, 7) is 4.25. The molecule has 5 nitrogen and oxygen atoms in total. The first kappa shape index (κ1) is 20.4. The van der Waals surface area contributed by atoms with E-state index in [1.165, 1.54) is 0 Å². The summed E-state index contributed by atoms with van der Waals surface area (Å²) < 4.78 is 0. The third kappa shape index (κ3) is 56.3. The van der Waals surface area contributed by atoms with E-state index >= 15 is 0 Å². The zero-order valence-electron chi connectivity index (χ0n) is 10.0. The van der Waals surface area contributed by atoms with Gasteiger partial charge < -0.3 is 5.11 Å². The Labute approximate surface area is 101 Å². The molecule has 0 bridgehead atoms. The van der Waals surface area contributed by atoms with Gasteiger partial charge in [-0.25, -0.2) is 20.4 Å². The van der Waals surface area contributed by atoms with Gasteiger partial charge in [-0.15, -0.1) is 0 Å². The van der Waals surface area contributed by atoms with Crippen molar-refractivity contribution in [2.75, 3.05) is 6.61 Å². The van der Waals surface area contributed by atoms with Crippen LogP contribution in [-0.4, -0.2) is 23.9 Å². The molecule has 0 amide bonds. The summed E-state index contributed by atoms with van der Waals surface area (Å²) in [5.41, 5.74) is 0. The zero-order chi connectivity index (χ0) is 13.9. The van der Waals surface area contributed by atoms with E-state index in [1.54, 1.807) is 0 Å². The summed E-state index contributed by atoms with van der Waals surface area (Å²) in [5, 5.41) is 18.9. The minimum Gasteiger partial charge on any atom is -0.396 e. The van der Waals surface area contributed by atoms with Gasteiger partial charge in [0.25, 0.3) is 0 Å². The molecule has 0 atom stereocenters. The maximum absolute atomic E-state index is 8.35. The number of aliphatic hydroxyl groups excluding tert-OH is 1. The average molecular weight is 238 g/mol. The van der Waals surface area contributed by atoms with Crippen molar-refractivity contribution >= 4 is 12.2 Å². The van der Waals surface area contributed by atoms with Crippen LogP contribution in [0.5, 0.6) is 0 Å². The van der Waals surface area contributed by atoms with Gasteiger partial charge in [0, 0.05) is 6.61 Å². The number of isocyanates is 2. The van der Waals surface area contributed by atoms with Crippen molar-refractivity contribution in [3.05, 3.63) is 36.4 Å². The molecular weight excluding hydrogens is 220 g/mol. The second-order valence-electron chi connectivity index (χ2n) is 2.94. The smallest absolute Gasteiger partial charge is 0.231 e. The van der Waals surface area contributed by atoms with Crippen LogP contribution < -0.4 is 0 Å². The van der Waals surface area contributed by atoms with Gasteiger partial charge in [0.05, 0.1) is 0 Å². The first-order valence-electron chi connectivity index (χ1n) is 4.79. The molecule has 0 saturated heterocycles. The fourth-order valence-corrected chi connectivity index (χ4v) is 0.385. The van der Waals surface area contributed by atoms with Crippen LogP contribution in [0, 0.1) is 16.7 Å². The quantitative estimate of drug-likeness (QED) is 0.515. The van der Waals surface area contributed by atoms with Gasteiger partial charge in [0.2, 0.25) is 12.2 Å². The van der Waals surface area contributed by atoms with Crippen LogP contribution in [0.4, 0.5) is 0 Å². The SMILES string of the molecule is CC(C)CO.N=C=O.N=C=O.c1ccccc1. The van der Waals surface area contributed by atoms with Crippen molar-refractivity contribution in [3.8, 4) is 0 Å². The van der Waals surface area contributed by atoms with E-state index in [9.17, 15) is 0 Å². The van der Waals surface area contributed by atoms with Crippen LogP contribution in [0.2, 0.25) is 0 Å². The van der Waals surface area contributed by atoms with E-state index in [0.717, 1.165) is 12.2 Å². The Balaban J connectivity index is -0.000000163. The highest BCUT2D eigenvalue weighted by Crippen LogP contribution is 1.83. The molecule has 0 saturated carbocycles. The summed E-state index contributed by atoms with van der Waals surface area (Å²) in [7, 11) is 0. The van der Waals surface area contributed by atoms with Crippen molar-refractivity contribution in [1.29, 1.82) is 10.8 Å². The van der Waals surface area contributed by atoms with Gasteiger partial charge in [0.15, 0.2) is 0 Å². The Hall–Kier alpha value is -2.06. The Bertz CT molecular complexity index is 249. The zero-order valence-corrected chi connectivity index (χ0v) is 10.0. The number of aliphatic hydroxyl groups is 1. The molecule has 94 valence electrons. The molecule has 1 aromatic rings. The maximum Gasteiger partial charge on any atom is 0.231 e. The van der Waals surface area contributed by atoms with Crippen molar-refractivity contribution in [2.45, 2.75) is 13.8 Å². The minimum atomic E-state index is 0.306. The molecule has 17 heavy (non-hydrogen) atoms. The van der Waals surface area contributed by atoms with Gasteiger partial charge in [-0.2, -0.15) is 0 Å². The fourth-order valence-electron chi connectivity index (χ4n) is 0.385. The van der Waals surface area contributed by atoms with Crippen LogP contribution in [-0.2, 0) is 9.59 Å². The maximum atomic E-state index is 8.35. The Morgan fingerprint density at radius 2 is 1.06 bits per heavy atom. The topological polar surface area (TPSA) is 102 Å². The fraction of sp³-hybridized carbons (Fsp3) is 0.333. The molecule has 0 radical (unpaired) electrons. The van der Waals surface area contributed by atoms with Crippen molar-refractivity contribution in [1.82, 2.24) is 0 Å². The van der Waals surface area contributed by atoms with Gasteiger partial charge in [0.1, 0.15) is 0 Å². The van der Waals surface area contributed by atoms with E-state index in [0.29, 0.717) is 12.5 Å². The standard InChI is InChI=1S/C6H6.C4H10O.2CHNO/c1-2-4-6-5-3-1;1-4(2)3-5;2*2-1-3/h1-6H;4-5H,3H2,1-2H3;2*2H. The summed E-state index contributed by atoms with van der Waals surface area (Å²) in [5.74, 6) is 0.440. The normalized spacial score (nSPS) is 6.59. The Morgan fingerprint density at radius 1 is 0.941 bits per heavy atom. The molecule has 1 aromatic carbocycles. The lowest BCUT2D eigenvalue weighted by Crippen LogP contribution is -1.90. The van der Waals surface area contributed by atoms with E-state index in [1.807, 2.05) is 50.2 Å². The van der Waals surface area contributed by atoms with Crippen LogP contribution in [0.1, 0.15) is 13.8 Å². The molecule has 1 rings (SSSR count). The van der Waals surface area contributed by atoms with Crippen LogP contribution in [0.25, 0.3) is 0 Å². The first-order valence-corrected chi connectivity index (χ1v) is 4.79. The number of carbonyl (C=O) groups excluding carboxylic acids is 2. The molecule has 0 aromatic heterocycles. The average Bonchev–Trinajstić information content (AvgIpc) is 2.34. The molecular formula is C12H18N2O3. The molecule has 5 heteroatoms. The predicted octanol–water partition coefficient (Wildman–Crippen LogP) is 2.12.